The topological polar surface area (TPSA) is 35.5 Å². The first kappa shape index (κ1) is 14.6. The number of Topliss-reactive ketones (excluding diaryl/α,β-unsaturated/α-hetero) is 1. The minimum atomic E-state index is -0.271. The van der Waals surface area contributed by atoms with Crippen LogP contribution in [0.2, 0.25) is 0 Å². The summed E-state index contributed by atoms with van der Waals surface area (Å²) in [6, 6.07) is 5.61. The Morgan fingerprint density at radius 1 is 1.17 bits per heavy atom. The number of carbonyl (C=O) groups excluding carboxylic acids is 1. The molecule has 100 valence electrons. The van der Waals surface area contributed by atoms with E-state index in [1.54, 1.807) is 14.2 Å². The summed E-state index contributed by atoms with van der Waals surface area (Å²) in [4.78, 5) is 12.1. The summed E-state index contributed by atoms with van der Waals surface area (Å²) in [5.41, 5.74) is 0.687. The molecule has 0 amide bonds. The number of benzene rings is 1. The third kappa shape index (κ3) is 3.25. The molecule has 1 rings (SSSR count). The first-order valence-electron chi connectivity index (χ1n) is 6.18. The van der Waals surface area contributed by atoms with Crippen molar-refractivity contribution in [1.82, 2.24) is 0 Å². The molecule has 1 aromatic rings. The summed E-state index contributed by atoms with van der Waals surface area (Å²) in [6.45, 7) is 6.00. The Balaban J connectivity index is 2.89. The lowest BCUT2D eigenvalue weighted by Gasteiger charge is -2.21. The monoisotopic (exact) mass is 250 g/mol. The Hall–Kier alpha value is -1.51. The van der Waals surface area contributed by atoms with E-state index < -0.39 is 0 Å². The average molecular weight is 250 g/mol. The van der Waals surface area contributed by atoms with Gasteiger partial charge in [-0.3, -0.25) is 4.79 Å². The van der Waals surface area contributed by atoms with Gasteiger partial charge >= 0.3 is 0 Å². The fraction of sp³-hybridized carbons (Fsp3) is 0.533. The lowest BCUT2D eigenvalue weighted by atomic mass is 9.82. The summed E-state index contributed by atoms with van der Waals surface area (Å²) >= 11 is 0. The van der Waals surface area contributed by atoms with Crippen molar-refractivity contribution in [3.63, 3.8) is 0 Å². The molecule has 0 N–H and O–H groups in total. The number of hydrogen-bond donors (Lipinski definition) is 0. The number of carbonyl (C=O) groups is 1. The summed E-state index contributed by atoms with van der Waals surface area (Å²) < 4.78 is 10.4. The Kier molecular flexibility index (Phi) is 4.76. The van der Waals surface area contributed by atoms with Crippen LogP contribution in [0.15, 0.2) is 18.2 Å². The van der Waals surface area contributed by atoms with E-state index in [1.807, 2.05) is 39.0 Å². The van der Waals surface area contributed by atoms with Crippen LogP contribution < -0.4 is 9.47 Å². The van der Waals surface area contributed by atoms with Crippen LogP contribution in [0.4, 0.5) is 0 Å². The Labute approximate surface area is 109 Å². The molecule has 0 radical (unpaired) electrons. The standard InChI is InChI=1S/C15H22O3/c1-6-15(2,3)14(16)10-11-7-8-12(17-4)13(9-11)18-5/h7-9H,6,10H2,1-5H3. The average Bonchev–Trinajstić information content (AvgIpc) is 2.38. The van der Waals surface area contributed by atoms with Crippen molar-refractivity contribution in [2.24, 2.45) is 5.41 Å². The minimum Gasteiger partial charge on any atom is -0.493 e. The molecule has 3 heteroatoms. The van der Waals surface area contributed by atoms with Gasteiger partial charge < -0.3 is 9.47 Å². The van der Waals surface area contributed by atoms with E-state index in [-0.39, 0.29) is 11.2 Å². The second-order valence-electron chi connectivity index (χ2n) is 5.03. The second-order valence-corrected chi connectivity index (χ2v) is 5.03. The maximum Gasteiger partial charge on any atom is 0.161 e. The highest BCUT2D eigenvalue weighted by Crippen LogP contribution is 2.29. The van der Waals surface area contributed by atoms with Crippen LogP contribution in [0.5, 0.6) is 11.5 Å². The largest absolute Gasteiger partial charge is 0.493 e. The summed E-state index contributed by atoms with van der Waals surface area (Å²) in [5, 5.41) is 0. The zero-order chi connectivity index (χ0) is 13.8. The third-order valence-corrected chi connectivity index (χ3v) is 3.45. The predicted octanol–water partition coefficient (Wildman–Crippen LogP) is 3.25. The first-order valence-corrected chi connectivity index (χ1v) is 6.18. The molecule has 0 saturated carbocycles. The van der Waals surface area contributed by atoms with E-state index in [0.717, 1.165) is 12.0 Å². The molecule has 0 atom stereocenters. The van der Waals surface area contributed by atoms with Gasteiger partial charge in [-0.1, -0.05) is 26.8 Å². The molecule has 0 bridgehead atoms. The molecular weight excluding hydrogens is 228 g/mol. The Morgan fingerprint density at radius 3 is 2.28 bits per heavy atom. The van der Waals surface area contributed by atoms with E-state index in [4.69, 9.17) is 9.47 Å². The highest BCUT2D eigenvalue weighted by atomic mass is 16.5. The van der Waals surface area contributed by atoms with Gasteiger partial charge in [0.05, 0.1) is 14.2 Å². The normalized spacial score (nSPS) is 11.2. The van der Waals surface area contributed by atoms with Crippen LogP contribution in [-0.4, -0.2) is 20.0 Å². The highest BCUT2D eigenvalue weighted by Gasteiger charge is 2.25. The van der Waals surface area contributed by atoms with Gasteiger partial charge in [0.25, 0.3) is 0 Å². The summed E-state index contributed by atoms with van der Waals surface area (Å²) in [6.07, 6.45) is 1.28. The van der Waals surface area contributed by atoms with E-state index in [0.29, 0.717) is 17.9 Å². The van der Waals surface area contributed by atoms with Crippen LogP contribution >= 0.6 is 0 Å². The maximum atomic E-state index is 12.1. The predicted molar refractivity (Wildman–Crippen MR) is 72.3 cm³/mol. The Bertz CT molecular complexity index is 422. The number of methoxy groups -OCH3 is 2. The lowest BCUT2D eigenvalue weighted by molar-refractivity contribution is -0.126. The van der Waals surface area contributed by atoms with E-state index >= 15 is 0 Å². The molecule has 0 aliphatic heterocycles. The molecular formula is C15H22O3. The van der Waals surface area contributed by atoms with Crippen LogP contribution in [0.3, 0.4) is 0 Å². The molecule has 0 saturated heterocycles. The molecule has 0 fully saturated rings. The minimum absolute atomic E-state index is 0.247. The van der Waals surface area contributed by atoms with Gasteiger partial charge in [-0.25, -0.2) is 0 Å². The van der Waals surface area contributed by atoms with Gasteiger partial charge in [0.2, 0.25) is 0 Å². The zero-order valence-corrected chi connectivity index (χ0v) is 11.9. The Morgan fingerprint density at radius 2 is 1.78 bits per heavy atom. The van der Waals surface area contributed by atoms with Crippen LogP contribution in [0, 0.1) is 5.41 Å². The fourth-order valence-corrected chi connectivity index (χ4v) is 1.61. The number of rotatable bonds is 6. The first-order chi connectivity index (χ1) is 8.44. The second kappa shape index (κ2) is 5.89. The van der Waals surface area contributed by atoms with Gasteiger partial charge in [-0.05, 0) is 24.1 Å². The molecule has 1 aromatic carbocycles. The molecule has 0 aliphatic rings. The van der Waals surface area contributed by atoms with Crippen molar-refractivity contribution in [3.05, 3.63) is 23.8 Å². The van der Waals surface area contributed by atoms with E-state index in [2.05, 4.69) is 0 Å². The van der Waals surface area contributed by atoms with Gasteiger partial charge in [0.1, 0.15) is 5.78 Å². The molecule has 0 aromatic heterocycles. The fourth-order valence-electron chi connectivity index (χ4n) is 1.61. The molecule has 0 spiro atoms. The van der Waals surface area contributed by atoms with Crippen molar-refractivity contribution in [3.8, 4) is 11.5 Å². The van der Waals surface area contributed by atoms with Gasteiger partial charge in [-0.15, -0.1) is 0 Å². The quantitative estimate of drug-likeness (QED) is 0.777. The van der Waals surface area contributed by atoms with Crippen molar-refractivity contribution in [2.45, 2.75) is 33.6 Å². The van der Waals surface area contributed by atoms with Gasteiger partial charge in [-0.2, -0.15) is 0 Å². The molecule has 0 heterocycles. The maximum absolute atomic E-state index is 12.1. The van der Waals surface area contributed by atoms with Crippen molar-refractivity contribution < 1.29 is 14.3 Å². The summed E-state index contributed by atoms with van der Waals surface area (Å²) in [7, 11) is 3.20. The molecule has 0 unspecified atom stereocenters. The molecule has 0 aliphatic carbocycles. The van der Waals surface area contributed by atoms with Crippen molar-refractivity contribution >= 4 is 5.78 Å². The van der Waals surface area contributed by atoms with Crippen molar-refractivity contribution in [1.29, 1.82) is 0 Å². The van der Waals surface area contributed by atoms with Crippen LogP contribution in [0.25, 0.3) is 0 Å². The van der Waals surface area contributed by atoms with E-state index in [1.165, 1.54) is 0 Å². The SMILES string of the molecule is CCC(C)(C)C(=O)Cc1ccc(OC)c(OC)c1. The smallest absolute Gasteiger partial charge is 0.161 e. The van der Waals surface area contributed by atoms with Crippen LogP contribution in [-0.2, 0) is 11.2 Å². The molecule has 18 heavy (non-hydrogen) atoms. The van der Waals surface area contributed by atoms with Gasteiger partial charge in [0.15, 0.2) is 11.5 Å². The van der Waals surface area contributed by atoms with Gasteiger partial charge in [0, 0.05) is 11.8 Å². The number of ether oxygens (including phenoxy) is 2. The van der Waals surface area contributed by atoms with Crippen LogP contribution in [0.1, 0.15) is 32.8 Å². The number of ketones is 1. The van der Waals surface area contributed by atoms with E-state index in [9.17, 15) is 4.79 Å². The lowest BCUT2D eigenvalue weighted by Crippen LogP contribution is -2.25. The zero-order valence-electron chi connectivity index (χ0n) is 11.9. The molecule has 3 nitrogen and oxygen atoms in total. The number of hydrogen-bond acceptors (Lipinski definition) is 3. The summed E-state index contributed by atoms with van der Waals surface area (Å²) in [5.74, 6) is 1.60. The highest BCUT2D eigenvalue weighted by molar-refractivity contribution is 5.86. The van der Waals surface area contributed by atoms with Crippen molar-refractivity contribution in [2.75, 3.05) is 14.2 Å². The third-order valence-electron chi connectivity index (χ3n) is 3.45.